The minimum absolute atomic E-state index is 0.104. The van der Waals surface area contributed by atoms with Gasteiger partial charge in [0.25, 0.3) is 0 Å². The van der Waals surface area contributed by atoms with Crippen LogP contribution in [0.25, 0.3) is 0 Å². The Labute approximate surface area is 594 Å². The second kappa shape index (κ2) is 71.1. The van der Waals surface area contributed by atoms with Gasteiger partial charge >= 0.3 is 39.5 Å². The Balaban J connectivity index is 5.18. The Bertz CT molecular complexity index is 1860. The van der Waals surface area contributed by atoms with Crippen LogP contribution in [0, 0.1) is 5.92 Å². The van der Waals surface area contributed by atoms with Crippen molar-refractivity contribution in [1.82, 2.24) is 0 Å². The highest BCUT2D eigenvalue weighted by Gasteiger charge is 2.30. The standard InChI is InChI=1S/C78H152O17P2/c1-6-10-13-16-19-22-25-27-29-30-31-32-33-34-35-37-39-41-44-47-53-58-63-77(82)94-73(67-88-76(81)62-57-52-46-43-40-38-36-28-26-23-20-17-14-11-7-2)69-92-96(84,85)90-65-72(79)66-91-97(86,87)93-70-74(95-78(83)64-59-54-49-48-50-55-60-71(5)9-4)68-89-75(80)61-56-51-45-42-24-21-18-15-12-8-3/h71-74,79H,6-70H2,1-5H3,(H,84,85)(H,86,87)/t71?,72-,73-,74-/m1/s1. The van der Waals surface area contributed by atoms with Gasteiger partial charge in [0.15, 0.2) is 12.2 Å². The Morgan fingerprint density at radius 1 is 0.289 bits per heavy atom. The zero-order valence-electron chi connectivity index (χ0n) is 63.2. The molecule has 0 aromatic heterocycles. The molecule has 0 aromatic carbocycles. The molecule has 0 radical (unpaired) electrons. The molecule has 0 aliphatic rings. The molecule has 0 saturated carbocycles. The van der Waals surface area contributed by atoms with E-state index in [1.807, 2.05) is 0 Å². The largest absolute Gasteiger partial charge is 0.472 e. The maximum atomic E-state index is 13.1. The minimum atomic E-state index is -4.96. The fourth-order valence-electron chi connectivity index (χ4n) is 12.0. The highest BCUT2D eigenvalue weighted by molar-refractivity contribution is 7.47. The normalized spacial score (nSPS) is 14.2. The fraction of sp³-hybridized carbons (Fsp3) is 0.949. The van der Waals surface area contributed by atoms with E-state index in [9.17, 15) is 43.2 Å². The first kappa shape index (κ1) is 95.1. The number of esters is 4. The smallest absolute Gasteiger partial charge is 0.462 e. The van der Waals surface area contributed by atoms with E-state index in [1.165, 1.54) is 238 Å². The number of rotatable bonds is 78. The fourth-order valence-corrected chi connectivity index (χ4v) is 13.6. The molecule has 0 rings (SSSR count). The number of hydrogen-bond acceptors (Lipinski definition) is 15. The zero-order valence-corrected chi connectivity index (χ0v) is 65.0. The lowest BCUT2D eigenvalue weighted by molar-refractivity contribution is -0.161. The van der Waals surface area contributed by atoms with Crippen molar-refractivity contribution in [2.45, 2.75) is 432 Å². The summed E-state index contributed by atoms with van der Waals surface area (Å²) in [6.07, 6.45) is 61.2. The summed E-state index contributed by atoms with van der Waals surface area (Å²) in [7, 11) is -9.91. The monoisotopic (exact) mass is 1420 g/mol. The van der Waals surface area contributed by atoms with E-state index in [0.29, 0.717) is 25.7 Å². The number of phosphoric acid groups is 2. The van der Waals surface area contributed by atoms with E-state index >= 15 is 0 Å². The van der Waals surface area contributed by atoms with E-state index in [4.69, 9.17) is 37.0 Å². The molecule has 0 heterocycles. The van der Waals surface area contributed by atoms with Crippen LogP contribution in [0.15, 0.2) is 0 Å². The number of aliphatic hydroxyl groups is 1. The summed E-state index contributed by atoms with van der Waals surface area (Å²) >= 11 is 0. The van der Waals surface area contributed by atoms with Crippen LogP contribution in [0.1, 0.15) is 413 Å². The predicted octanol–water partition coefficient (Wildman–Crippen LogP) is 23.3. The number of carbonyl (C=O) groups excluding carboxylic acids is 4. The second-order valence-corrected chi connectivity index (χ2v) is 31.3. The van der Waals surface area contributed by atoms with E-state index < -0.39 is 97.5 Å². The summed E-state index contributed by atoms with van der Waals surface area (Å²) in [5.74, 6) is -1.39. The molecule has 19 heteroatoms. The first-order chi connectivity index (χ1) is 47.1. The average Bonchev–Trinajstić information content (AvgIpc) is 1.06. The summed E-state index contributed by atoms with van der Waals surface area (Å²) in [5, 5.41) is 10.6. The molecule has 6 atom stereocenters. The van der Waals surface area contributed by atoms with Crippen LogP contribution in [0.4, 0.5) is 0 Å². The van der Waals surface area contributed by atoms with Crippen LogP contribution >= 0.6 is 15.6 Å². The van der Waals surface area contributed by atoms with Gasteiger partial charge < -0.3 is 33.8 Å². The molecular weight excluding hydrogens is 1270 g/mol. The number of phosphoric ester groups is 2. The van der Waals surface area contributed by atoms with Crippen molar-refractivity contribution in [2.24, 2.45) is 5.92 Å². The maximum absolute atomic E-state index is 13.1. The Hall–Kier alpha value is -1.94. The molecule has 3 unspecified atom stereocenters. The lowest BCUT2D eigenvalue weighted by Gasteiger charge is -2.21. The van der Waals surface area contributed by atoms with Crippen LogP contribution in [-0.2, 0) is 65.4 Å². The first-order valence-corrected chi connectivity index (χ1v) is 43.7. The SMILES string of the molecule is CCCCCCCCCCCCCCCCCCCCCCCCC(=O)O[C@H](COC(=O)CCCCCCCCCCCCCCCCC)COP(=O)(O)OC[C@@H](O)COP(=O)(O)OC[C@@H](COC(=O)CCCCCCCCCCCC)OC(=O)CCCCCCCCC(C)CC. The van der Waals surface area contributed by atoms with Gasteiger partial charge in [-0.2, -0.15) is 0 Å². The number of unbranched alkanes of at least 4 members (excludes halogenated alkanes) is 49. The van der Waals surface area contributed by atoms with Gasteiger partial charge in [-0.3, -0.25) is 37.3 Å². The first-order valence-electron chi connectivity index (χ1n) is 40.7. The van der Waals surface area contributed by atoms with Crippen LogP contribution in [-0.4, -0.2) is 96.7 Å². The molecule has 0 bridgehead atoms. The summed E-state index contributed by atoms with van der Waals surface area (Å²) in [6, 6.07) is 0. The molecule has 97 heavy (non-hydrogen) atoms. The van der Waals surface area contributed by atoms with Gasteiger partial charge in [-0.1, -0.05) is 362 Å². The second-order valence-electron chi connectivity index (χ2n) is 28.3. The number of hydrogen-bond donors (Lipinski definition) is 3. The highest BCUT2D eigenvalue weighted by Crippen LogP contribution is 2.45. The lowest BCUT2D eigenvalue weighted by atomic mass is 10.00. The van der Waals surface area contributed by atoms with Gasteiger partial charge in [0.05, 0.1) is 26.4 Å². The van der Waals surface area contributed by atoms with Gasteiger partial charge in [0, 0.05) is 25.7 Å². The van der Waals surface area contributed by atoms with Crippen LogP contribution < -0.4 is 0 Å². The molecule has 576 valence electrons. The van der Waals surface area contributed by atoms with Crippen molar-refractivity contribution in [3.8, 4) is 0 Å². The molecule has 0 saturated heterocycles. The van der Waals surface area contributed by atoms with E-state index in [-0.39, 0.29) is 25.7 Å². The summed E-state index contributed by atoms with van der Waals surface area (Å²) < 4.78 is 68.5. The number of aliphatic hydroxyl groups excluding tert-OH is 1. The van der Waals surface area contributed by atoms with Gasteiger partial charge in [-0.25, -0.2) is 9.13 Å². The van der Waals surface area contributed by atoms with Gasteiger partial charge in [-0.05, 0) is 31.6 Å². The topological polar surface area (TPSA) is 237 Å². The molecule has 0 aliphatic heterocycles. The zero-order chi connectivity index (χ0) is 71.2. The molecule has 0 fully saturated rings. The Morgan fingerprint density at radius 2 is 0.495 bits per heavy atom. The third kappa shape index (κ3) is 70.9. The lowest BCUT2D eigenvalue weighted by Crippen LogP contribution is -2.30. The van der Waals surface area contributed by atoms with Crippen LogP contribution in [0.5, 0.6) is 0 Å². The predicted molar refractivity (Wildman–Crippen MR) is 395 cm³/mol. The van der Waals surface area contributed by atoms with Gasteiger partial charge in [0.2, 0.25) is 0 Å². The minimum Gasteiger partial charge on any atom is -0.462 e. The average molecular weight is 1420 g/mol. The van der Waals surface area contributed by atoms with E-state index in [0.717, 1.165) is 95.8 Å². The van der Waals surface area contributed by atoms with E-state index in [2.05, 4.69) is 34.6 Å². The van der Waals surface area contributed by atoms with E-state index in [1.54, 1.807) is 0 Å². The summed E-state index contributed by atoms with van der Waals surface area (Å²) in [4.78, 5) is 72.8. The molecule has 3 N–H and O–H groups in total. The summed E-state index contributed by atoms with van der Waals surface area (Å²) in [6.45, 7) is 7.24. The molecule has 0 aromatic rings. The Kier molecular flexibility index (Phi) is 69.6. The van der Waals surface area contributed by atoms with Crippen molar-refractivity contribution in [3.05, 3.63) is 0 Å². The third-order valence-corrected chi connectivity index (χ3v) is 20.5. The van der Waals surface area contributed by atoms with Crippen molar-refractivity contribution in [3.63, 3.8) is 0 Å². The molecule has 0 amide bonds. The number of carbonyl (C=O) groups is 4. The molecule has 0 spiro atoms. The van der Waals surface area contributed by atoms with Crippen molar-refractivity contribution < 1.29 is 80.2 Å². The maximum Gasteiger partial charge on any atom is 0.472 e. The quantitative estimate of drug-likeness (QED) is 0.0222. The Morgan fingerprint density at radius 3 is 0.732 bits per heavy atom. The summed E-state index contributed by atoms with van der Waals surface area (Å²) in [5.41, 5.74) is 0. The highest BCUT2D eigenvalue weighted by atomic mass is 31.2. The van der Waals surface area contributed by atoms with Gasteiger partial charge in [0.1, 0.15) is 19.3 Å². The molecular formula is C78H152O17P2. The molecule has 17 nitrogen and oxygen atoms in total. The van der Waals surface area contributed by atoms with Crippen LogP contribution in [0.2, 0.25) is 0 Å². The van der Waals surface area contributed by atoms with Crippen molar-refractivity contribution in [1.29, 1.82) is 0 Å². The third-order valence-electron chi connectivity index (χ3n) is 18.6. The van der Waals surface area contributed by atoms with Crippen molar-refractivity contribution in [2.75, 3.05) is 39.6 Å². The molecule has 0 aliphatic carbocycles. The number of ether oxygens (including phenoxy) is 4. The van der Waals surface area contributed by atoms with Crippen LogP contribution in [0.3, 0.4) is 0 Å². The van der Waals surface area contributed by atoms with Crippen molar-refractivity contribution >= 4 is 39.5 Å². The van der Waals surface area contributed by atoms with Gasteiger partial charge in [-0.15, -0.1) is 0 Å².